The van der Waals surface area contributed by atoms with Gasteiger partial charge in [0.25, 0.3) is 0 Å². The third kappa shape index (κ3) is 1.90. The summed E-state index contributed by atoms with van der Waals surface area (Å²) in [6.45, 7) is 1.53. The van der Waals surface area contributed by atoms with Crippen LogP contribution in [0, 0.1) is 6.92 Å². The smallest absolute Gasteiger partial charge is 0.342 e. The second-order valence-corrected chi connectivity index (χ2v) is 4.25. The first-order valence-corrected chi connectivity index (χ1v) is 5.52. The van der Waals surface area contributed by atoms with Gasteiger partial charge in [-0.25, -0.2) is 9.59 Å². The van der Waals surface area contributed by atoms with Gasteiger partial charge in [0, 0.05) is 5.92 Å². The highest BCUT2D eigenvalue weighted by Crippen LogP contribution is 2.43. The molecule has 0 spiro atoms. The maximum atomic E-state index is 11.6. The summed E-state index contributed by atoms with van der Waals surface area (Å²) in [5.41, 5.74) is 0.0485. The topological polar surface area (TPSA) is 96.7 Å². The standard InChI is InChI=1S/C12H13NO5/c1-5-10(14)8(12(17)18-2)7(11(15)16)9(13-5)6-3-4-6/h6,14H,3-4H2,1-2H3,(H,15,16). The van der Waals surface area contributed by atoms with Crippen molar-refractivity contribution in [3.8, 4) is 5.75 Å². The lowest BCUT2D eigenvalue weighted by atomic mass is 10.0. The van der Waals surface area contributed by atoms with Crippen LogP contribution in [0.15, 0.2) is 0 Å². The highest BCUT2D eigenvalue weighted by atomic mass is 16.5. The molecule has 6 nitrogen and oxygen atoms in total. The Bertz CT molecular complexity index is 534. The fourth-order valence-corrected chi connectivity index (χ4v) is 1.89. The van der Waals surface area contributed by atoms with Crippen LogP contribution in [0.2, 0.25) is 0 Å². The van der Waals surface area contributed by atoms with Gasteiger partial charge in [0.1, 0.15) is 5.56 Å². The zero-order valence-electron chi connectivity index (χ0n) is 10.1. The van der Waals surface area contributed by atoms with Crippen molar-refractivity contribution < 1.29 is 24.5 Å². The summed E-state index contributed by atoms with van der Waals surface area (Å²) in [5, 5.41) is 19.1. The molecule has 96 valence electrons. The lowest BCUT2D eigenvalue weighted by Gasteiger charge is -2.12. The van der Waals surface area contributed by atoms with Crippen molar-refractivity contribution >= 4 is 11.9 Å². The number of carboxylic acid groups (broad SMARTS) is 1. The van der Waals surface area contributed by atoms with Gasteiger partial charge in [-0.15, -0.1) is 0 Å². The molecule has 0 aliphatic heterocycles. The number of methoxy groups -OCH3 is 1. The van der Waals surface area contributed by atoms with E-state index < -0.39 is 17.7 Å². The number of ether oxygens (including phenoxy) is 1. The minimum Gasteiger partial charge on any atom is -0.505 e. The third-order valence-electron chi connectivity index (χ3n) is 2.94. The Morgan fingerprint density at radius 1 is 1.33 bits per heavy atom. The molecule has 0 unspecified atom stereocenters. The number of aromatic nitrogens is 1. The van der Waals surface area contributed by atoms with Crippen molar-refractivity contribution in [2.45, 2.75) is 25.7 Å². The normalized spacial score (nSPS) is 14.3. The summed E-state index contributed by atoms with van der Waals surface area (Å²) in [4.78, 5) is 27.0. The van der Waals surface area contributed by atoms with Crippen LogP contribution in [-0.4, -0.2) is 34.2 Å². The first kappa shape index (κ1) is 12.3. The van der Waals surface area contributed by atoms with Crippen LogP contribution >= 0.6 is 0 Å². The number of carboxylic acids is 1. The fraction of sp³-hybridized carbons (Fsp3) is 0.417. The Hall–Kier alpha value is -2.11. The summed E-state index contributed by atoms with van der Waals surface area (Å²) in [6, 6.07) is 0. The molecule has 1 aromatic heterocycles. The first-order valence-electron chi connectivity index (χ1n) is 5.52. The summed E-state index contributed by atoms with van der Waals surface area (Å²) >= 11 is 0. The molecular weight excluding hydrogens is 238 g/mol. The number of pyridine rings is 1. The molecule has 0 bridgehead atoms. The Labute approximate surface area is 103 Å². The largest absolute Gasteiger partial charge is 0.505 e. The molecular formula is C12H13NO5. The van der Waals surface area contributed by atoms with Crippen molar-refractivity contribution in [1.29, 1.82) is 0 Å². The first-order chi connectivity index (χ1) is 8.47. The molecule has 1 aliphatic carbocycles. The van der Waals surface area contributed by atoms with Crippen LogP contribution in [0.5, 0.6) is 5.75 Å². The van der Waals surface area contributed by atoms with E-state index >= 15 is 0 Å². The summed E-state index contributed by atoms with van der Waals surface area (Å²) in [6.07, 6.45) is 1.69. The molecule has 1 fully saturated rings. The maximum Gasteiger partial charge on any atom is 0.342 e. The number of aromatic carboxylic acids is 1. The van der Waals surface area contributed by atoms with Crippen LogP contribution in [-0.2, 0) is 4.74 Å². The number of hydrogen-bond acceptors (Lipinski definition) is 5. The molecule has 0 saturated heterocycles. The fourth-order valence-electron chi connectivity index (χ4n) is 1.89. The molecule has 6 heteroatoms. The predicted molar refractivity (Wildman–Crippen MR) is 60.9 cm³/mol. The number of hydrogen-bond donors (Lipinski definition) is 2. The van der Waals surface area contributed by atoms with Gasteiger partial charge < -0.3 is 14.9 Å². The predicted octanol–water partition coefficient (Wildman–Crippen LogP) is 1.46. The van der Waals surface area contributed by atoms with Crippen LogP contribution in [0.1, 0.15) is 50.9 Å². The van der Waals surface area contributed by atoms with Gasteiger partial charge in [0.15, 0.2) is 5.75 Å². The highest BCUT2D eigenvalue weighted by molar-refractivity contribution is 6.05. The summed E-state index contributed by atoms with van der Waals surface area (Å²) < 4.78 is 4.53. The van der Waals surface area contributed by atoms with Crippen LogP contribution in [0.4, 0.5) is 0 Å². The summed E-state index contributed by atoms with van der Waals surface area (Å²) in [7, 11) is 1.14. The number of aryl methyl sites for hydroxylation is 1. The Morgan fingerprint density at radius 3 is 2.39 bits per heavy atom. The van der Waals surface area contributed by atoms with Gasteiger partial charge in [-0.05, 0) is 19.8 Å². The molecule has 0 atom stereocenters. The molecule has 18 heavy (non-hydrogen) atoms. The number of aromatic hydroxyl groups is 1. The van der Waals surface area contributed by atoms with Gasteiger partial charge in [0.2, 0.25) is 0 Å². The SMILES string of the molecule is COC(=O)c1c(O)c(C)nc(C2CC2)c1C(=O)O. The molecule has 0 amide bonds. The Kier molecular flexibility index (Phi) is 2.94. The van der Waals surface area contributed by atoms with Crippen molar-refractivity contribution in [1.82, 2.24) is 4.98 Å². The van der Waals surface area contributed by atoms with Crippen LogP contribution < -0.4 is 0 Å². The van der Waals surface area contributed by atoms with Crippen molar-refractivity contribution in [2.24, 2.45) is 0 Å². The van der Waals surface area contributed by atoms with E-state index in [2.05, 4.69) is 9.72 Å². The monoisotopic (exact) mass is 251 g/mol. The van der Waals surface area contributed by atoms with E-state index in [4.69, 9.17) is 0 Å². The Morgan fingerprint density at radius 2 is 1.94 bits per heavy atom. The van der Waals surface area contributed by atoms with E-state index in [0.29, 0.717) is 5.69 Å². The number of carbonyl (C=O) groups excluding carboxylic acids is 1. The minimum absolute atomic E-state index is 0.0545. The average molecular weight is 251 g/mol. The third-order valence-corrected chi connectivity index (χ3v) is 2.94. The van der Waals surface area contributed by atoms with Crippen molar-refractivity contribution in [2.75, 3.05) is 7.11 Å². The van der Waals surface area contributed by atoms with E-state index in [1.807, 2.05) is 0 Å². The number of carbonyl (C=O) groups is 2. The Balaban J connectivity index is 2.74. The maximum absolute atomic E-state index is 11.6. The molecule has 1 saturated carbocycles. The zero-order valence-corrected chi connectivity index (χ0v) is 10.1. The van der Waals surface area contributed by atoms with Gasteiger partial charge >= 0.3 is 11.9 Å². The number of nitrogens with zero attached hydrogens (tertiary/aromatic N) is 1. The second kappa shape index (κ2) is 4.29. The van der Waals surface area contributed by atoms with Gasteiger partial charge in [-0.3, -0.25) is 4.98 Å². The molecule has 0 aromatic carbocycles. The molecule has 2 N–H and O–H groups in total. The molecule has 1 aromatic rings. The quantitative estimate of drug-likeness (QED) is 0.789. The molecule has 1 aliphatic rings. The van der Waals surface area contributed by atoms with E-state index in [1.54, 1.807) is 0 Å². The highest BCUT2D eigenvalue weighted by Gasteiger charge is 2.35. The van der Waals surface area contributed by atoms with Gasteiger partial charge in [-0.1, -0.05) is 0 Å². The van der Waals surface area contributed by atoms with Gasteiger partial charge in [0.05, 0.1) is 24.1 Å². The number of esters is 1. The van der Waals surface area contributed by atoms with Crippen molar-refractivity contribution in [3.63, 3.8) is 0 Å². The summed E-state index contributed by atoms with van der Waals surface area (Å²) in [5.74, 6) is -2.51. The minimum atomic E-state index is -1.28. The van der Waals surface area contributed by atoms with E-state index in [9.17, 15) is 19.8 Å². The van der Waals surface area contributed by atoms with E-state index in [0.717, 1.165) is 20.0 Å². The van der Waals surface area contributed by atoms with E-state index in [1.165, 1.54) is 6.92 Å². The lowest BCUT2D eigenvalue weighted by molar-refractivity contribution is 0.0577. The average Bonchev–Trinajstić information content (AvgIpc) is 3.14. The zero-order chi connectivity index (χ0) is 13.4. The van der Waals surface area contributed by atoms with Crippen molar-refractivity contribution in [3.05, 3.63) is 22.5 Å². The van der Waals surface area contributed by atoms with Gasteiger partial charge in [-0.2, -0.15) is 0 Å². The lowest BCUT2D eigenvalue weighted by Crippen LogP contribution is -2.15. The molecule has 2 rings (SSSR count). The molecule has 0 radical (unpaired) electrons. The van der Waals surface area contributed by atoms with E-state index in [-0.39, 0.29) is 22.7 Å². The molecule has 1 heterocycles. The van der Waals surface area contributed by atoms with Crippen LogP contribution in [0.25, 0.3) is 0 Å². The van der Waals surface area contributed by atoms with Crippen LogP contribution in [0.3, 0.4) is 0 Å². The second-order valence-electron chi connectivity index (χ2n) is 4.25. The number of rotatable bonds is 3.